The maximum absolute atomic E-state index is 12.9. The lowest BCUT2D eigenvalue weighted by Crippen LogP contribution is -2.64. The minimum absolute atomic E-state index is 0.0191. The average Bonchev–Trinajstić information content (AvgIpc) is 3.59. The first-order chi connectivity index (χ1) is 15.6. The third kappa shape index (κ3) is 3.96. The number of epoxide rings is 2. The van der Waals surface area contributed by atoms with E-state index in [1.165, 1.54) is 5.57 Å². The average molecular weight is 466 g/mol. The van der Waals surface area contributed by atoms with Crippen LogP contribution >= 0.6 is 0 Å². The Hall–Kier alpha value is -1.68. The molecule has 33 heavy (non-hydrogen) atoms. The summed E-state index contributed by atoms with van der Waals surface area (Å²) in [5, 5.41) is 9.17. The van der Waals surface area contributed by atoms with Gasteiger partial charge in [0.2, 0.25) is 0 Å². The van der Waals surface area contributed by atoms with Crippen molar-refractivity contribution in [1.29, 1.82) is 0 Å². The molecule has 2 spiro atoms. The van der Waals surface area contributed by atoms with E-state index in [1.54, 1.807) is 12.0 Å². The van der Waals surface area contributed by atoms with Gasteiger partial charge in [0.25, 0.3) is 0 Å². The number of amides is 1. The van der Waals surface area contributed by atoms with Gasteiger partial charge >= 0.3 is 12.1 Å². The van der Waals surface area contributed by atoms with Gasteiger partial charge in [-0.25, -0.2) is 9.59 Å². The van der Waals surface area contributed by atoms with Gasteiger partial charge in [0, 0.05) is 7.11 Å². The van der Waals surface area contributed by atoms with Crippen LogP contribution in [0, 0.1) is 5.92 Å². The van der Waals surface area contributed by atoms with Gasteiger partial charge in [0.1, 0.15) is 29.0 Å². The highest BCUT2D eigenvalue weighted by Gasteiger charge is 2.72. The minimum atomic E-state index is -0.945. The molecule has 0 aromatic rings. The number of carboxylic acids is 1. The second-order valence-corrected chi connectivity index (χ2v) is 10.8. The number of ether oxygens (including phenoxy) is 5. The maximum Gasteiger partial charge on any atom is 0.410 e. The van der Waals surface area contributed by atoms with Crippen molar-refractivity contribution in [3.63, 3.8) is 0 Å². The number of methoxy groups -OCH3 is 1. The highest BCUT2D eigenvalue weighted by Crippen LogP contribution is 2.59. The third-order valence-corrected chi connectivity index (χ3v) is 8.24. The zero-order valence-electron chi connectivity index (χ0n) is 19.9. The molecule has 4 aliphatic heterocycles. The van der Waals surface area contributed by atoms with Crippen molar-refractivity contribution >= 4 is 12.1 Å². The number of carbonyl (C=O) groups excluding carboxylic acids is 1. The van der Waals surface area contributed by atoms with Crippen LogP contribution in [0.1, 0.15) is 52.9 Å². The number of allylic oxidation sites excluding steroid dienone is 1. The number of hydrogen-bond acceptors (Lipinski definition) is 7. The van der Waals surface area contributed by atoms with Gasteiger partial charge < -0.3 is 33.7 Å². The monoisotopic (exact) mass is 465 g/mol. The van der Waals surface area contributed by atoms with Crippen LogP contribution in [0.2, 0.25) is 0 Å². The summed E-state index contributed by atoms with van der Waals surface area (Å²) < 4.78 is 29.8. The molecule has 5 fully saturated rings. The molecule has 2 unspecified atom stereocenters. The molecule has 1 N–H and O–H groups in total. The number of likely N-dealkylation sites (tertiary alicyclic amines) is 1. The van der Waals surface area contributed by atoms with Crippen molar-refractivity contribution < 1.29 is 38.4 Å². The molecule has 184 valence electrons. The molecular formula is C24H35NO8. The van der Waals surface area contributed by atoms with Gasteiger partial charge in [0.15, 0.2) is 6.10 Å². The Bertz CT molecular complexity index is 843. The van der Waals surface area contributed by atoms with E-state index in [9.17, 15) is 9.59 Å². The fourth-order valence-corrected chi connectivity index (χ4v) is 6.27. The largest absolute Gasteiger partial charge is 0.479 e. The number of carbonyl (C=O) groups is 2. The van der Waals surface area contributed by atoms with Crippen LogP contribution in [0.5, 0.6) is 0 Å². The van der Waals surface area contributed by atoms with E-state index in [1.807, 2.05) is 0 Å². The lowest BCUT2D eigenvalue weighted by molar-refractivity contribution is -0.169. The van der Waals surface area contributed by atoms with E-state index < -0.39 is 23.8 Å². The quantitative estimate of drug-likeness (QED) is 0.471. The Morgan fingerprint density at radius 1 is 1.18 bits per heavy atom. The highest BCUT2D eigenvalue weighted by molar-refractivity contribution is 5.73. The Kier molecular flexibility index (Phi) is 5.55. The van der Waals surface area contributed by atoms with Gasteiger partial charge in [-0.05, 0) is 52.9 Å². The van der Waals surface area contributed by atoms with E-state index in [0.717, 1.165) is 12.8 Å². The van der Waals surface area contributed by atoms with E-state index in [0.29, 0.717) is 39.0 Å². The SMILES string of the molecule is CO[C@@H]1[C@H](OC(=O)N2CC3(CCC(C(=O)O)O3)C2)CC[C@]2(CO2)[C@H]1[C@@]1(C)OC1CC=C(C)C. The topological polar surface area (TPSA) is 110 Å². The van der Waals surface area contributed by atoms with E-state index in [-0.39, 0.29) is 35.4 Å². The molecule has 0 aromatic carbocycles. The molecule has 1 aliphatic carbocycles. The number of carboxylic acid groups (broad SMARTS) is 1. The highest BCUT2D eigenvalue weighted by atomic mass is 16.6. The number of aliphatic carboxylic acids is 1. The van der Waals surface area contributed by atoms with Crippen LogP contribution in [0.25, 0.3) is 0 Å². The zero-order chi connectivity index (χ0) is 23.6. The van der Waals surface area contributed by atoms with Crippen molar-refractivity contribution in [2.45, 2.75) is 94.1 Å². The molecule has 0 aromatic heterocycles. The van der Waals surface area contributed by atoms with Crippen LogP contribution in [-0.2, 0) is 28.5 Å². The normalized spacial score (nSPS) is 42.7. The molecule has 5 rings (SSSR count). The van der Waals surface area contributed by atoms with Crippen molar-refractivity contribution in [3.05, 3.63) is 11.6 Å². The molecule has 0 radical (unpaired) electrons. The summed E-state index contributed by atoms with van der Waals surface area (Å²) in [6.45, 7) is 7.69. The van der Waals surface area contributed by atoms with Crippen LogP contribution in [0.4, 0.5) is 4.79 Å². The third-order valence-electron chi connectivity index (χ3n) is 8.24. The number of nitrogens with zero attached hydrogens (tertiary/aromatic N) is 1. The van der Waals surface area contributed by atoms with E-state index in [4.69, 9.17) is 28.8 Å². The predicted octanol–water partition coefficient (Wildman–Crippen LogP) is 2.52. The molecule has 5 aliphatic rings. The molecule has 1 amide bonds. The Morgan fingerprint density at radius 2 is 1.91 bits per heavy atom. The lowest BCUT2D eigenvalue weighted by atomic mass is 9.68. The smallest absolute Gasteiger partial charge is 0.410 e. The molecule has 7 atom stereocenters. The molecule has 4 saturated heterocycles. The first-order valence-electron chi connectivity index (χ1n) is 12.0. The Balaban J connectivity index is 1.22. The molecule has 0 bridgehead atoms. The molecule has 9 nitrogen and oxygen atoms in total. The molecular weight excluding hydrogens is 430 g/mol. The lowest BCUT2D eigenvalue weighted by Gasteiger charge is -2.48. The summed E-state index contributed by atoms with van der Waals surface area (Å²) in [6.07, 6.45) is 3.84. The number of rotatable bonds is 6. The summed E-state index contributed by atoms with van der Waals surface area (Å²) in [4.78, 5) is 25.7. The fourth-order valence-electron chi connectivity index (χ4n) is 6.27. The van der Waals surface area contributed by atoms with Crippen LogP contribution in [0.3, 0.4) is 0 Å². The van der Waals surface area contributed by atoms with Gasteiger partial charge in [-0.15, -0.1) is 0 Å². The zero-order valence-corrected chi connectivity index (χ0v) is 19.9. The first-order valence-corrected chi connectivity index (χ1v) is 12.0. The van der Waals surface area contributed by atoms with Gasteiger partial charge in [-0.1, -0.05) is 11.6 Å². The van der Waals surface area contributed by atoms with Crippen molar-refractivity contribution in [3.8, 4) is 0 Å². The molecule has 1 saturated carbocycles. The van der Waals surface area contributed by atoms with E-state index >= 15 is 0 Å². The second kappa shape index (κ2) is 7.93. The van der Waals surface area contributed by atoms with Crippen LogP contribution < -0.4 is 0 Å². The Morgan fingerprint density at radius 3 is 2.48 bits per heavy atom. The van der Waals surface area contributed by atoms with E-state index in [2.05, 4.69) is 26.8 Å². The van der Waals surface area contributed by atoms with Crippen LogP contribution in [-0.4, -0.2) is 90.1 Å². The standard InChI is InChI=1S/C24H35NO8/c1-14(2)5-6-17-22(3,33-17)19-18(29-4)15(8-10-24(19)13-30-24)31-21(28)25-11-23(12-25)9-7-16(32-23)20(26)27/h5,15-19H,6-13H2,1-4H3,(H,26,27)/t15-,16?,17?,18-,19-,22+,24+/m1/s1. The predicted molar refractivity (Wildman–Crippen MR) is 116 cm³/mol. The van der Waals surface area contributed by atoms with Gasteiger partial charge in [0.05, 0.1) is 31.7 Å². The van der Waals surface area contributed by atoms with Crippen molar-refractivity contribution in [2.75, 3.05) is 26.8 Å². The van der Waals surface area contributed by atoms with Crippen molar-refractivity contribution in [1.82, 2.24) is 4.90 Å². The summed E-state index contributed by atoms with van der Waals surface area (Å²) in [5.74, 6) is -0.965. The second-order valence-electron chi connectivity index (χ2n) is 10.8. The maximum atomic E-state index is 12.9. The summed E-state index contributed by atoms with van der Waals surface area (Å²) in [6, 6.07) is 0. The Labute approximate surface area is 194 Å². The molecule has 4 heterocycles. The van der Waals surface area contributed by atoms with Gasteiger partial charge in [-0.2, -0.15) is 0 Å². The summed E-state index contributed by atoms with van der Waals surface area (Å²) in [7, 11) is 1.66. The number of hydrogen-bond donors (Lipinski definition) is 1. The fraction of sp³-hybridized carbons (Fsp3) is 0.833. The summed E-state index contributed by atoms with van der Waals surface area (Å²) >= 11 is 0. The van der Waals surface area contributed by atoms with Crippen LogP contribution in [0.15, 0.2) is 11.6 Å². The van der Waals surface area contributed by atoms with Crippen molar-refractivity contribution in [2.24, 2.45) is 5.92 Å². The van der Waals surface area contributed by atoms with Gasteiger partial charge in [-0.3, -0.25) is 0 Å². The molecule has 9 heteroatoms. The summed E-state index contributed by atoms with van der Waals surface area (Å²) in [5.41, 5.74) is 0.0789. The minimum Gasteiger partial charge on any atom is -0.479 e. The first kappa shape index (κ1) is 23.1.